The van der Waals surface area contributed by atoms with E-state index in [0.29, 0.717) is 16.9 Å². The van der Waals surface area contributed by atoms with E-state index >= 15 is 4.39 Å². The van der Waals surface area contributed by atoms with Crippen molar-refractivity contribution in [1.29, 1.82) is 5.41 Å². The molecule has 0 aliphatic rings. The minimum atomic E-state index is -1.62. The molecule has 3 aromatic rings. The number of ether oxygens (including phenoxy) is 2. The zero-order valence-electron chi connectivity index (χ0n) is 18.6. The van der Waals surface area contributed by atoms with Crippen molar-refractivity contribution >= 4 is 23.5 Å². The first kappa shape index (κ1) is 25.1. The molecule has 0 heterocycles. The van der Waals surface area contributed by atoms with Crippen LogP contribution in [0.1, 0.15) is 35.3 Å². The summed E-state index contributed by atoms with van der Waals surface area (Å²) in [6.45, 7) is 3.40. The van der Waals surface area contributed by atoms with Gasteiger partial charge in [0.1, 0.15) is 17.4 Å². The SMILES string of the molecule is CCOC(C(=O)N(Cl)Cc1ccc(C(=N)N)cc1)c1c(F)ccc(Oc2cccc(C)c2)c1F. The Labute approximate surface area is 201 Å². The van der Waals surface area contributed by atoms with Gasteiger partial charge in [0.25, 0.3) is 5.91 Å². The predicted molar refractivity (Wildman–Crippen MR) is 126 cm³/mol. The molecule has 0 aliphatic carbocycles. The number of hydrogen-bond donors (Lipinski definition) is 2. The molecule has 34 heavy (non-hydrogen) atoms. The summed E-state index contributed by atoms with van der Waals surface area (Å²) in [5, 5.41) is 7.44. The normalized spacial score (nSPS) is 11.7. The Morgan fingerprint density at radius 3 is 2.47 bits per heavy atom. The van der Waals surface area contributed by atoms with Gasteiger partial charge in [0.2, 0.25) is 0 Å². The van der Waals surface area contributed by atoms with Gasteiger partial charge in [0, 0.05) is 23.9 Å². The molecule has 3 N–H and O–H groups in total. The van der Waals surface area contributed by atoms with Gasteiger partial charge in [-0.2, -0.15) is 0 Å². The fourth-order valence-electron chi connectivity index (χ4n) is 3.27. The monoisotopic (exact) mass is 487 g/mol. The molecule has 0 aromatic heterocycles. The topological polar surface area (TPSA) is 88.6 Å². The van der Waals surface area contributed by atoms with Crippen LogP contribution in [0.5, 0.6) is 11.5 Å². The summed E-state index contributed by atoms with van der Waals surface area (Å²) in [5.41, 5.74) is 6.89. The molecule has 0 aliphatic heterocycles. The highest BCUT2D eigenvalue weighted by atomic mass is 35.5. The molecule has 1 unspecified atom stereocenters. The highest BCUT2D eigenvalue weighted by molar-refractivity contribution is 6.21. The molecule has 0 saturated heterocycles. The van der Waals surface area contributed by atoms with E-state index in [9.17, 15) is 9.18 Å². The third-order valence-corrected chi connectivity index (χ3v) is 5.24. The molecular formula is C25H24ClF2N3O3. The lowest BCUT2D eigenvalue weighted by Gasteiger charge is -2.23. The van der Waals surface area contributed by atoms with Crippen LogP contribution in [0.25, 0.3) is 0 Å². The minimum absolute atomic E-state index is 0.0102. The van der Waals surface area contributed by atoms with Crippen LogP contribution in [0, 0.1) is 24.0 Å². The number of nitrogens with two attached hydrogens (primary N) is 1. The van der Waals surface area contributed by atoms with Crippen LogP contribution < -0.4 is 10.5 Å². The molecule has 9 heteroatoms. The van der Waals surface area contributed by atoms with Crippen LogP contribution in [0.3, 0.4) is 0 Å². The van der Waals surface area contributed by atoms with Crippen molar-refractivity contribution in [2.24, 2.45) is 5.73 Å². The number of carbonyl (C=O) groups is 1. The van der Waals surface area contributed by atoms with E-state index in [1.165, 1.54) is 0 Å². The number of nitrogens with one attached hydrogen (secondary N) is 1. The molecule has 3 aromatic carbocycles. The van der Waals surface area contributed by atoms with Crippen molar-refractivity contribution in [1.82, 2.24) is 4.42 Å². The smallest absolute Gasteiger partial charge is 0.271 e. The zero-order chi connectivity index (χ0) is 24.8. The number of halogens is 3. The number of nitrogens with zero attached hydrogens (tertiary/aromatic N) is 1. The number of rotatable bonds is 9. The Bertz CT molecular complexity index is 1190. The summed E-state index contributed by atoms with van der Waals surface area (Å²) in [6, 6.07) is 15.6. The zero-order valence-corrected chi connectivity index (χ0v) is 19.4. The first-order valence-electron chi connectivity index (χ1n) is 10.5. The van der Waals surface area contributed by atoms with Crippen LogP contribution in [-0.2, 0) is 16.1 Å². The standard InChI is InChI=1S/C25H24ClF2N3O3/c1-3-33-23(25(32)31(26)14-16-7-9-17(10-8-16)24(29)30)21-19(27)11-12-20(22(21)28)34-18-6-4-5-15(2)13-18/h4-13,23H,3,14H2,1-2H3,(H3,29,30). The quantitative estimate of drug-likeness (QED) is 0.233. The molecule has 0 saturated carbocycles. The number of nitrogen functional groups attached to an aromatic ring is 1. The number of hydrogen-bond acceptors (Lipinski definition) is 4. The first-order valence-corrected chi connectivity index (χ1v) is 10.8. The summed E-state index contributed by atoms with van der Waals surface area (Å²) in [5.74, 6) is -2.84. The van der Waals surface area contributed by atoms with Gasteiger partial charge in [-0.3, -0.25) is 10.2 Å². The lowest BCUT2D eigenvalue weighted by molar-refractivity contribution is -0.139. The highest BCUT2D eigenvalue weighted by Gasteiger charge is 2.33. The van der Waals surface area contributed by atoms with Crippen molar-refractivity contribution in [3.63, 3.8) is 0 Å². The van der Waals surface area contributed by atoms with Crippen molar-refractivity contribution in [2.75, 3.05) is 6.61 Å². The molecule has 1 atom stereocenters. The Balaban J connectivity index is 1.88. The third-order valence-electron chi connectivity index (χ3n) is 4.95. The number of amides is 1. The molecule has 0 radical (unpaired) electrons. The van der Waals surface area contributed by atoms with E-state index in [-0.39, 0.29) is 24.7 Å². The minimum Gasteiger partial charge on any atom is -0.454 e. The Kier molecular flexibility index (Phi) is 8.20. The van der Waals surface area contributed by atoms with Crippen LogP contribution in [0.4, 0.5) is 8.78 Å². The molecule has 178 valence electrons. The third kappa shape index (κ3) is 5.89. The lowest BCUT2D eigenvalue weighted by Crippen LogP contribution is -2.30. The molecule has 0 spiro atoms. The van der Waals surface area contributed by atoms with E-state index in [4.69, 9.17) is 32.4 Å². The average Bonchev–Trinajstić information content (AvgIpc) is 2.80. The van der Waals surface area contributed by atoms with Crippen LogP contribution in [0.15, 0.2) is 60.7 Å². The fourth-order valence-corrected chi connectivity index (χ4v) is 3.50. The van der Waals surface area contributed by atoms with Gasteiger partial charge in [-0.05, 0) is 49.2 Å². The van der Waals surface area contributed by atoms with Gasteiger partial charge in [-0.25, -0.2) is 13.2 Å². The summed E-state index contributed by atoms with van der Waals surface area (Å²) in [4.78, 5) is 13.1. The first-order chi connectivity index (χ1) is 16.2. The van der Waals surface area contributed by atoms with E-state index in [1.54, 1.807) is 49.4 Å². The second-order valence-electron chi connectivity index (χ2n) is 7.50. The van der Waals surface area contributed by atoms with Crippen LogP contribution in [0.2, 0.25) is 0 Å². The van der Waals surface area contributed by atoms with Gasteiger partial charge in [0.05, 0.1) is 12.1 Å². The van der Waals surface area contributed by atoms with E-state index in [0.717, 1.165) is 22.1 Å². The Morgan fingerprint density at radius 2 is 1.85 bits per heavy atom. The summed E-state index contributed by atoms with van der Waals surface area (Å²) in [6.07, 6.45) is -1.62. The Morgan fingerprint density at radius 1 is 1.15 bits per heavy atom. The van der Waals surface area contributed by atoms with Gasteiger partial charge in [0.15, 0.2) is 17.7 Å². The molecule has 0 bridgehead atoms. The highest BCUT2D eigenvalue weighted by Crippen LogP contribution is 2.34. The van der Waals surface area contributed by atoms with E-state index < -0.39 is 29.2 Å². The maximum atomic E-state index is 15.4. The second kappa shape index (κ2) is 11.1. The molecule has 6 nitrogen and oxygen atoms in total. The largest absolute Gasteiger partial charge is 0.454 e. The summed E-state index contributed by atoms with van der Waals surface area (Å²) < 4.78 is 42.0. The van der Waals surface area contributed by atoms with E-state index in [1.807, 2.05) is 13.0 Å². The number of amidine groups is 1. The Hall–Kier alpha value is -3.49. The number of aryl methyl sites for hydroxylation is 1. The average molecular weight is 488 g/mol. The maximum Gasteiger partial charge on any atom is 0.271 e. The summed E-state index contributed by atoms with van der Waals surface area (Å²) >= 11 is 6.20. The predicted octanol–water partition coefficient (Wildman–Crippen LogP) is 5.61. The van der Waals surface area contributed by atoms with E-state index in [2.05, 4.69) is 0 Å². The lowest BCUT2D eigenvalue weighted by atomic mass is 10.1. The van der Waals surface area contributed by atoms with Crippen molar-refractivity contribution in [3.8, 4) is 11.5 Å². The molecular weight excluding hydrogens is 464 g/mol. The van der Waals surface area contributed by atoms with Gasteiger partial charge < -0.3 is 15.2 Å². The molecule has 1 amide bonds. The maximum absolute atomic E-state index is 15.4. The molecule has 0 fully saturated rings. The van der Waals surface area contributed by atoms with Crippen molar-refractivity contribution in [2.45, 2.75) is 26.5 Å². The fraction of sp³-hybridized carbons (Fsp3) is 0.200. The van der Waals surface area contributed by atoms with Gasteiger partial charge in [-0.1, -0.05) is 36.4 Å². The van der Waals surface area contributed by atoms with Crippen molar-refractivity contribution in [3.05, 3.63) is 94.6 Å². The van der Waals surface area contributed by atoms with Gasteiger partial charge in [-0.15, -0.1) is 0 Å². The number of carbonyl (C=O) groups excluding carboxylic acids is 1. The second-order valence-corrected chi connectivity index (χ2v) is 7.90. The van der Waals surface area contributed by atoms with Gasteiger partial charge >= 0.3 is 0 Å². The number of benzene rings is 3. The molecule has 3 rings (SSSR count). The van der Waals surface area contributed by atoms with Crippen molar-refractivity contribution < 1.29 is 23.0 Å². The van der Waals surface area contributed by atoms with Crippen LogP contribution >= 0.6 is 11.8 Å². The summed E-state index contributed by atoms with van der Waals surface area (Å²) in [7, 11) is 0. The van der Waals surface area contributed by atoms with Crippen LogP contribution in [-0.4, -0.2) is 22.8 Å².